The van der Waals surface area contributed by atoms with E-state index in [1.165, 1.54) is 7.11 Å². The Morgan fingerprint density at radius 2 is 2.17 bits per heavy atom. The SMILES string of the molecule is COC(=O)C1CC(C)N1C(C)C. The molecule has 1 saturated heterocycles. The van der Waals surface area contributed by atoms with Crippen molar-refractivity contribution < 1.29 is 9.53 Å². The Kier molecular flexibility index (Phi) is 2.73. The van der Waals surface area contributed by atoms with Crippen LogP contribution in [0, 0.1) is 0 Å². The third-order valence-corrected chi connectivity index (χ3v) is 2.50. The second-order valence-corrected chi connectivity index (χ2v) is 3.66. The minimum atomic E-state index is -0.0956. The number of hydrogen-bond acceptors (Lipinski definition) is 3. The van der Waals surface area contributed by atoms with E-state index in [4.69, 9.17) is 4.74 Å². The molecule has 1 rings (SSSR count). The highest BCUT2D eigenvalue weighted by atomic mass is 16.5. The van der Waals surface area contributed by atoms with E-state index in [-0.39, 0.29) is 12.0 Å². The predicted octanol–water partition coefficient (Wildman–Crippen LogP) is 1.03. The summed E-state index contributed by atoms with van der Waals surface area (Å²) >= 11 is 0. The van der Waals surface area contributed by atoms with Crippen LogP contribution >= 0.6 is 0 Å². The summed E-state index contributed by atoms with van der Waals surface area (Å²) in [6.45, 7) is 6.34. The van der Waals surface area contributed by atoms with Gasteiger partial charge < -0.3 is 4.74 Å². The minimum absolute atomic E-state index is 0.00463. The smallest absolute Gasteiger partial charge is 0.323 e. The summed E-state index contributed by atoms with van der Waals surface area (Å²) in [6, 6.07) is 0.956. The zero-order valence-corrected chi connectivity index (χ0v) is 8.20. The van der Waals surface area contributed by atoms with Crippen molar-refractivity contribution in [2.24, 2.45) is 0 Å². The molecule has 0 saturated carbocycles. The summed E-state index contributed by atoms with van der Waals surface area (Å²) < 4.78 is 4.70. The lowest BCUT2D eigenvalue weighted by atomic mass is 9.92. The van der Waals surface area contributed by atoms with Crippen LogP contribution in [0.15, 0.2) is 0 Å². The van der Waals surface area contributed by atoms with E-state index in [1.54, 1.807) is 0 Å². The lowest BCUT2D eigenvalue weighted by Crippen LogP contribution is -2.61. The molecule has 0 aromatic heterocycles. The van der Waals surface area contributed by atoms with Gasteiger partial charge in [-0.3, -0.25) is 9.69 Å². The van der Waals surface area contributed by atoms with Gasteiger partial charge in [0, 0.05) is 12.1 Å². The zero-order valence-electron chi connectivity index (χ0n) is 8.20. The van der Waals surface area contributed by atoms with Gasteiger partial charge in [0.1, 0.15) is 6.04 Å². The fourth-order valence-electron chi connectivity index (χ4n) is 1.96. The molecule has 2 atom stereocenters. The quantitative estimate of drug-likeness (QED) is 0.581. The molecule has 1 aliphatic heterocycles. The minimum Gasteiger partial charge on any atom is -0.468 e. The molecule has 1 fully saturated rings. The molecule has 0 amide bonds. The van der Waals surface area contributed by atoms with Crippen LogP contribution in [0.3, 0.4) is 0 Å². The lowest BCUT2D eigenvalue weighted by molar-refractivity contribution is -0.157. The first kappa shape index (κ1) is 9.52. The van der Waals surface area contributed by atoms with Crippen molar-refractivity contribution in [1.82, 2.24) is 4.90 Å². The molecule has 2 unspecified atom stereocenters. The molecule has 0 aliphatic carbocycles. The van der Waals surface area contributed by atoms with Crippen molar-refractivity contribution in [2.75, 3.05) is 7.11 Å². The molecule has 1 heterocycles. The summed E-state index contributed by atoms with van der Waals surface area (Å²) in [4.78, 5) is 13.4. The Morgan fingerprint density at radius 3 is 2.50 bits per heavy atom. The van der Waals surface area contributed by atoms with Gasteiger partial charge >= 0.3 is 5.97 Å². The van der Waals surface area contributed by atoms with Crippen LogP contribution in [0.4, 0.5) is 0 Å². The van der Waals surface area contributed by atoms with E-state index in [0.717, 1.165) is 6.42 Å². The molecule has 0 radical (unpaired) electrons. The fourth-order valence-corrected chi connectivity index (χ4v) is 1.96. The van der Waals surface area contributed by atoms with Crippen LogP contribution in [0.2, 0.25) is 0 Å². The molecule has 0 aromatic carbocycles. The first-order valence-electron chi connectivity index (χ1n) is 4.43. The van der Waals surface area contributed by atoms with Gasteiger partial charge in [-0.1, -0.05) is 0 Å². The highest BCUT2D eigenvalue weighted by Gasteiger charge is 2.42. The van der Waals surface area contributed by atoms with E-state index < -0.39 is 0 Å². The normalized spacial score (nSPS) is 30.1. The monoisotopic (exact) mass is 171 g/mol. The number of hydrogen-bond donors (Lipinski definition) is 0. The Hall–Kier alpha value is -0.570. The number of rotatable bonds is 2. The van der Waals surface area contributed by atoms with Gasteiger partial charge in [-0.25, -0.2) is 0 Å². The second kappa shape index (κ2) is 3.44. The van der Waals surface area contributed by atoms with Crippen molar-refractivity contribution >= 4 is 5.97 Å². The number of nitrogens with zero attached hydrogens (tertiary/aromatic N) is 1. The maximum Gasteiger partial charge on any atom is 0.323 e. The van der Waals surface area contributed by atoms with E-state index >= 15 is 0 Å². The van der Waals surface area contributed by atoms with Crippen LogP contribution in [0.1, 0.15) is 27.2 Å². The van der Waals surface area contributed by atoms with Crippen LogP contribution < -0.4 is 0 Å². The van der Waals surface area contributed by atoms with Gasteiger partial charge in [0.15, 0.2) is 0 Å². The first-order chi connectivity index (χ1) is 5.57. The Labute approximate surface area is 73.7 Å². The van der Waals surface area contributed by atoms with E-state index in [2.05, 4.69) is 25.7 Å². The van der Waals surface area contributed by atoms with Crippen molar-refractivity contribution in [3.63, 3.8) is 0 Å². The largest absolute Gasteiger partial charge is 0.468 e. The molecule has 12 heavy (non-hydrogen) atoms. The fraction of sp³-hybridized carbons (Fsp3) is 0.889. The average molecular weight is 171 g/mol. The summed E-state index contributed by atoms with van der Waals surface area (Å²) in [5.41, 5.74) is 0. The second-order valence-electron chi connectivity index (χ2n) is 3.66. The zero-order chi connectivity index (χ0) is 9.30. The molecule has 0 N–H and O–H groups in total. The predicted molar refractivity (Wildman–Crippen MR) is 46.9 cm³/mol. The van der Waals surface area contributed by atoms with Gasteiger partial charge in [0.2, 0.25) is 0 Å². The molecule has 0 spiro atoms. The molecular formula is C9H17NO2. The number of esters is 1. The molecule has 70 valence electrons. The van der Waals surface area contributed by atoms with Gasteiger partial charge in [0.25, 0.3) is 0 Å². The summed E-state index contributed by atoms with van der Waals surface area (Å²) in [7, 11) is 1.45. The van der Waals surface area contributed by atoms with Crippen LogP contribution in [-0.2, 0) is 9.53 Å². The maximum absolute atomic E-state index is 11.2. The first-order valence-corrected chi connectivity index (χ1v) is 4.43. The molecule has 3 heteroatoms. The number of carbonyl (C=O) groups excluding carboxylic acids is 1. The van der Waals surface area contributed by atoms with Crippen molar-refractivity contribution in [3.05, 3.63) is 0 Å². The number of methoxy groups -OCH3 is 1. The number of ether oxygens (including phenoxy) is 1. The summed E-state index contributed by atoms with van der Waals surface area (Å²) in [6.07, 6.45) is 0.935. The summed E-state index contributed by atoms with van der Waals surface area (Å²) in [5, 5.41) is 0. The topological polar surface area (TPSA) is 29.5 Å². The van der Waals surface area contributed by atoms with Gasteiger partial charge in [0.05, 0.1) is 7.11 Å². The Morgan fingerprint density at radius 1 is 1.58 bits per heavy atom. The molecule has 0 bridgehead atoms. The van der Waals surface area contributed by atoms with Gasteiger partial charge in [-0.05, 0) is 27.2 Å². The average Bonchev–Trinajstić information content (AvgIpc) is 1.97. The third kappa shape index (κ3) is 1.46. The van der Waals surface area contributed by atoms with Crippen molar-refractivity contribution in [1.29, 1.82) is 0 Å². The van der Waals surface area contributed by atoms with Gasteiger partial charge in [-0.2, -0.15) is 0 Å². The standard InChI is InChI=1S/C9H17NO2/c1-6(2)10-7(3)5-8(10)9(11)12-4/h6-8H,5H2,1-4H3. The molecule has 3 nitrogen and oxygen atoms in total. The Balaban J connectivity index is 2.54. The highest BCUT2D eigenvalue weighted by Crippen LogP contribution is 2.28. The number of likely N-dealkylation sites (tertiary alicyclic amines) is 1. The van der Waals surface area contributed by atoms with Crippen molar-refractivity contribution in [3.8, 4) is 0 Å². The van der Waals surface area contributed by atoms with Crippen molar-refractivity contribution in [2.45, 2.75) is 45.3 Å². The maximum atomic E-state index is 11.2. The lowest BCUT2D eigenvalue weighted by Gasteiger charge is -2.47. The summed E-state index contributed by atoms with van der Waals surface area (Å²) in [5.74, 6) is -0.0956. The highest BCUT2D eigenvalue weighted by molar-refractivity contribution is 5.77. The van der Waals surface area contributed by atoms with E-state index in [0.29, 0.717) is 12.1 Å². The Bertz CT molecular complexity index is 175. The van der Waals surface area contributed by atoms with Crippen LogP contribution in [-0.4, -0.2) is 36.1 Å². The van der Waals surface area contributed by atoms with Gasteiger partial charge in [-0.15, -0.1) is 0 Å². The van der Waals surface area contributed by atoms with Crippen LogP contribution in [0.25, 0.3) is 0 Å². The molecular weight excluding hydrogens is 154 g/mol. The number of carbonyl (C=O) groups is 1. The van der Waals surface area contributed by atoms with E-state index in [9.17, 15) is 4.79 Å². The molecule has 0 aromatic rings. The van der Waals surface area contributed by atoms with Crippen LogP contribution in [0.5, 0.6) is 0 Å². The third-order valence-electron chi connectivity index (χ3n) is 2.50. The van der Waals surface area contributed by atoms with E-state index in [1.807, 2.05) is 0 Å². The molecule has 1 aliphatic rings.